The molecule has 0 radical (unpaired) electrons. The summed E-state index contributed by atoms with van der Waals surface area (Å²) in [6.07, 6.45) is -0.422. The Labute approximate surface area is 145 Å². The second-order valence-corrected chi connectivity index (χ2v) is 13.5. The molecule has 1 aromatic heterocycles. The summed E-state index contributed by atoms with van der Waals surface area (Å²) in [4.78, 5) is 13.7. The molecule has 0 aromatic carbocycles. The van der Waals surface area contributed by atoms with Crippen LogP contribution in [0.4, 0.5) is 4.79 Å². The number of nitrogens with zero attached hydrogens (tertiary/aromatic N) is 4. The molecule has 24 heavy (non-hydrogen) atoms. The smallest absolute Gasteiger partial charge is 0.410 e. The van der Waals surface area contributed by atoms with Crippen LogP contribution in [0.15, 0.2) is 0 Å². The van der Waals surface area contributed by atoms with Gasteiger partial charge in [0.05, 0.1) is 29.7 Å². The Balaban J connectivity index is 2.10. The summed E-state index contributed by atoms with van der Waals surface area (Å²) in [5, 5.41) is 20.3. The van der Waals surface area contributed by atoms with Gasteiger partial charge in [-0.3, -0.25) is 0 Å². The first-order valence-corrected chi connectivity index (χ1v) is 12.0. The summed E-state index contributed by atoms with van der Waals surface area (Å²) < 4.78 is 7.22. The minimum Gasteiger partial charge on any atom is -0.444 e. The van der Waals surface area contributed by atoms with Gasteiger partial charge in [0.1, 0.15) is 13.7 Å². The van der Waals surface area contributed by atoms with E-state index in [4.69, 9.17) is 4.74 Å². The average molecular weight is 355 g/mol. The second kappa shape index (κ2) is 6.48. The Morgan fingerprint density at radius 2 is 1.96 bits per heavy atom. The fourth-order valence-corrected chi connectivity index (χ4v) is 4.59. The first kappa shape index (κ1) is 18.9. The highest BCUT2D eigenvalue weighted by Gasteiger charge is 2.36. The molecule has 1 amide bonds. The lowest BCUT2D eigenvalue weighted by Gasteiger charge is -2.36. The Kier molecular flexibility index (Phi) is 5.10. The zero-order valence-corrected chi connectivity index (χ0v) is 16.8. The van der Waals surface area contributed by atoms with E-state index in [0.717, 1.165) is 11.0 Å². The number of aromatic nitrogens is 3. The highest BCUT2D eigenvalue weighted by Crippen LogP contribution is 2.25. The molecular formula is C16H30N4O3Si. The van der Waals surface area contributed by atoms with Gasteiger partial charge in [-0.15, -0.1) is 5.10 Å². The molecule has 2 heterocycles. The molecule has 0 spiro atoms. The van der Waals surface area contributed by atoms with Gasteiger partial charge in [-0.2, -0.15) is 0 Å². The van der Waals surface area contributed by atoms with Crippen molar-refractivity contribution < 1.29 is 14.6 Å². The van der Waals surface area contributed by atoms with Gasteiger partial charge in [0, 0.05) is 6.54 Å². The molecule has 8 heteroatoms. The number of aliphatic hydroxyl groups excluding tert-OH is 1. The Hall–Kier alpha value is -1.41. The molecule has 1 saturated heterocycles. The third-order valence-electron chi connectivity index (χ3n) is 4.15. The van der Waals surface area contributed by atoms with Crippen LogP contribution in [-0.4, -0.2) is 64.0 Å². The van der Waals surface area contributed by atoms with Crippen LogP contribution in [0.3, 0.4) is 0 Å². The van der Waals surface area contributed by atoms with Crippen molar-refractivity contribution in [3.05, 3.63) is 5.69 Å². The number of hydrogen-bond donors (Lipinski definition) is 1. The van der Waals surface area contributed by atoms with E-state index in [1.54, 1.807) is 4.90 Å². The summed E-state index contributed by atoms with van der Waals surface area (Å²) in [6, 6.07) is -0.152. The predicted molar refractivity (Wildman–Crippen MR) is 95.2 cm³/mol. The van der Waals surface area contributed by atoms with E-state index in [1.165, 1.54) is 0 Å². The molecular weight excluding hydrogens is 324 g/mol. The van der Waals surface area contributed by atoms with Crippen LogP contribution in [0.1, 0.15) is 38.9 Å². The van der Waals surface area contributed by atoms with Gasteiger partial charge in [-0.05, 0) is 34.1 Å². The quantitative estimate of drug-likeness (QED) is 0.817. The van der Waals surface area contributed by atoms with Crippen LogP contribution in [0.2, 0.25) is 19.6 Å². The normalized spacial score (nSPS) is 22.6. The Bertz CT molecular complexity index is 603. The highest BCUT2D eigenvalue weighted by molar-refractivity contribution is 6.88. The summed E-state index contributed by atoms with van der Waals surface area (Å²) in [6.45, 7) is 15.0. The van der Waals surface area contributed by atoms with Crippen molar-refractivity contribution in [1.82, 2.24) is 19.9 Å². The summed E-state index contributed by atoms with van der Waals surface area (Å²) >= 11 is 0. The van der Waals surface area contributed by atoms with E-state index in [9.17, 15) is 9.90 Å². The van der Waals surface area contributed by atoms with Crippen LogP contribution >= 0.6 is 0 Å². The fourth-order valence-electron chi connectivity index (χ4n) is 3.05. The van der Waals surface area contributed by atoms with Crippen molar-refractivity contribution in [2.24, 2.45) is 0 Å². The molecule has 1 N–H and O–H groups in total. The summed E-state index contributed by atoms with van der Waals surface area (Å²) in [7, 11) is -1.56. The van der Waals surface area contributed by atoms with Gasteiger partial charge in [0.25, 0.3) is 0 Å². The van der Waals surface area contributed by atoms with Crippen molar-refractivity contribution in [2.75, 3.05) is 13.1 Å². The SMILES string of the molecule is Cc1c([Si](C)(C)C)nnn1[C@@H]1CCN(C(=O)OC(C)(C)C)C[C@@H]1O. The minimum absolute atomic E-state index is 0.152. The predicted octanol–water partition coefficient (Wildman–Crippen LogP) is 1.67. The zero-order valence-electron chi connectivity index (χ0n) is 15.8. The van der Waals surface area contributed by atoms with Gasteiger partial charge >= 0.3 is 6.09 Å². The molecule has 136 valence electrons. The van der Waals surface area contributed by atoms with Gasteiger partial charge in [0.15, 0.2) is 0 Å². The second-order valence-electron chi connectivity index (χ2n) is 8.57. The molecule has 7 nitrogen and oxygen atoms in total. The lowest BCUT2D eigenvalue weighted by molar-refractivity contribution is -0.0123. The summed E-state index contributed by atoms with van der Waals surface area (Å²) in [5.74, 6) is 0. The third-order valence-corrected chi connectivity index (χ3v) is 6.03. The first-order chi connectivity index (χ1) is 10.9. The topological polar surface area (TPSA) is 80.5 Å². The van der Waals surface area contributed by atoms with E-state index in [-0.39, 0.29) is 18.7 Å². The molecule has 1 aliphatic heterocycles. The van der Waals surface area contributed by atoms with Crippen molar-refractivity contribution in [3.63, 3.8) is 0 Å². The van der Waals surface area contributed by atoms with Crippen molar-refractivity contribution >= 4 is 19.5 Å². The monoisotopic (exact) mass is 354 g/mol. The lowest BCUT2D eigenvalue weighted by Crippen LogP contribution is -2.49. The number of β-amino-alcohol motifs (C(OH)–C–C–N with tert-alkyl or cyclic N) is 1. The van der Waals surface area contributed by atoms with Crippen LogP contribution in [-0.2, 0) is 4.74 Å². The third kappa shape index (κ3) is 4.16. The van der Waals surface area contributed by atoms with Crippen LogP contribution in [0.25, 0.3) is 0 Å². The number of carbonyl (C=O) groups excluding carboxylic acids is 1. The van der Waals surface area contributed by atoms with Gasteiger partial charge in [-0.25, -0.2) is 9.48 Å². The maximum Gasteiger partial charge on any atom is 0.410 e. The molecule has 1 fully saturated rings. The maximum absolute atomic E-state index is 12.2. The number of piperidine rings is 1. The van der Waals surface area contributed by atoms with Crippen LogP contribution in [0.5, 0.6) is 0 Å². The van der Waals surface area contributed by atoms with Crippen LogP contribution in [0, 0.1) is 6.92 Å². The van der Waals surface area contributed by atoms with E-state index in [0.29, 0.717) is 13.0 Å². The largest absolute Gasteiger partial charge is 0.444 e. The number of rotatable bonds is 2. The van der Waals surface area contributed by atoms with Crippen molar-refractivity contribution in [2.45, 2.75) is 71.5 Å². The van der Waals surface area contributed by atoms with Crippen molar-refractivity contribution in [1.29, 1.82) is 0 Å². The molecule has 0 aliphatic carbocycles. The fraction of sp³-hybridized carbons (Fsp3) is 0.812. The molecule has 0 saturated carbocycles. The van der Waals surface area contributed by atoms with E-state index in [2.05, 4.69) is 30.0 Å². The Morgan fingerprint density at radius 1 is 1.33 bits per heavy atom. The zero-order chi connectivity index (χ0) is 18.3. The van der Waals surface area contributed by atoms with Crippen LogP contribution < -0.4 is 5.32 Å². The first-order valence-electron chi connectivity index (χ1n) is 8.48. The molecule has 2 rings (SSSR count). The molecule has 1 aromatic rings. The number of likely N-dealkylation sites (tertiary alicyclic amines) is 1. The number of ether oxygens (including phenoxy) is 1. The number of amides is 1. The molecule has 0 bridgehead atoms. The lowest BCUT2D eigenvalue weighted by atomic mass is 10.0. The Morgan fingerprint density at radius 3 is 2.42 bits per heavy atom. The van der Waals surface area contributed by atoms with Gasteiger partial charge < -0.3 is 14.7 Å². The van der Waals surface area contributed by atoms with Crippen molar-refractivity contribution in [3.8, 4) is 0 Å². The van der Waals surface area contributed by atoms with E-state index < -0.39 is 19.8 Å². The minimum atomic E-state index is -1.56. The van der Waals surface area contributed by atoms with Gasteiger partial charge in [0.2, 0.25) is 0 Å². The van der Waals surface area contributed by atoms with E-state index in [1.807, 2.05) is 32.4 Å². The maximum atomic E-state index is 12.2. The number of carbonyl (C=O) groups is 1. The number of aliphatic hydroxyl groups is 1. The van der Waals surface area contributed by atoms with E-state index >= 15 is 0 Å². The number of hydrogen-bond acceptors (Lipinski definition) is 5. The molecule has 0 unspecified atom stereocenters. The summed E-state index contributed by atoms with van der Waals surface area (Å²) in [5.41, 5.74) is 0.497. The highest BCUT2D eigenvalue weighted by atomic mass is 28.3. The molecule has 2 atom stereocenters. The molecule has 1 aliphatic rings. The average Bonchev–Trinajstić information content (AvgIpc) is 2.78. The van der Waals surface area contributed by atoms with Gasteiger partial charge in [-0.1, -0.05) is 24.9 Å². The standard InChI is InChI=1S/C16H30N4O3Si/c1-11-14(24(5,6)7)17-18-20(11)12-8-9-19(10-13(12)21)15(22)23-16(2,3)4/h12-13,21H,8-10H2,1-7H3/t12-,13+/m1/s1.